The molecule has 0 radical (unpaired) electrons. The highest BCUT2D eigenvalue weighted by Gasteiger charge is 2.19. The third-order valence-corrected chi connectivity index (χ3v) is 5.96. The number of furan rings is 1. The molecule has 0 unspecified atom stereocenters. The van der Waals surface area contributed by atoms with Crippen LogP contribution in [0, 0.1) is 13.8 Å². The van der Waals surface area contributed by atoms with Crippen molar-refractivity contribution in [2.75, 3.05) is 5.32 Å². The van der Waals surface area contributed by atoms with Crippen molar-refractivity contribution in [3.8, 4) is 0 Å². The SMILES string of the molecule is Cc1ccc2oc(C(=O)Nc3ncc(Cc4cc(Cl)ccc4Cl)s3)c(C)c2c1. The Morgan fingerprint density at radius 1 is 1.18 bits per heavy atom. The molecule has 0 aliphatic heterocycles. The zero-order valence-corrected chi connectivity index (χ0v) is 17.5. The zero-order chi connectivity index (χ0) is 19.8. The number of amides is 1. The van der Waals surface area contributed by atoms with Gasteiger partial charge in [-0.1, -0.05) is 34.8 Å². The van der Waals surface area contributed by atoms with Crippen LogP contribution in [0.5, 0.6) is 0 Å². The lowest BCUT2D eigenvalue weighted by Crippen LogP contribution is -2.11. The van der Waals surface area contributed by atoms with Gasteiger partial charge in [0, 0.05) is 38.5 Å². The molecule has 0 aliphatic carbocycles. The standard InChI is InChI=1S/C21H16Cl2N2O2S/c1-11-3-6-18-16(7-11)12(2)19(27-18)20(26)25-21-24-10-15(28-21)9-13-8-14(22)4-5-17(13)23/h3-8,10H,9H2,1-2H3,(H,24,25,26). The van der Waals surface area contributed by atoms with Gasteiger partial charge in [0.25, 0.3) is 5.91 Å². The number of benzene rings is 2. The Morgan fingerprint density at radius 2 is 2.00 bits per heavy atom. The van der Waals surface area contributed by atoms with E-state index in [0.29, 0.717) is 32.9 Å². The van der Waals surface area contributed by atoms with E-state index in [0.717, 1.165) is 27.0 Å². The van der Waals surface area contributed by atoms with Crippen LogP contribution >= 0.6 is 34.5 Å². The fraction of sp³-hybridized carbons (Fsp3) is 0.143. The van der Waals surface area contributed by atoms with Gasteiger partial charge in [-0.15, -0.1) is 11.3 Å². The maximum atomic E-state index is 12.7. The zero-order valence-electron chi connectivity index (χ0n) is 15.2. The number of hydrogen-bond acceptors (Lipinski definition) is 4. The normalized spacial score (nSPS) is 11.1. The first kappa shape index (κ1) is 19.0. The minimum Gasteiger partial charge on any atom is -0.451 e. The van der Waals surface area contributed by atoms with Gasteiger partial charge in [-0.3, -0.25) is 10.1 Å². The van der Waals surface area contributed by atoms with Crippen molar-refractivity contribution < 1.29 is 9.21 Å². The van der Waals surface area contributed by atoms with Gasteiger partial charge < -0.3 is 4.42 Å². The molecule has 4 aromatic rings. The summed E-state index contributed by atoms with van der Waals surface area (Å²) in [6, 6.07) is 11.2. The van der Waals surface area contributed by atoms with E-state index in [1.54, 1.807) is 18.3 Å². The average Bonchev–Trinajstić information content (AvgIpc) is 3.23. The molecule has 0 fully saturated rings. The molecular weight excluding hydrogens is 415 g/mol. The van der Waals surface area contributed by atoms with Gasteiger partial charge in [0.2, 0.25) is 0 Å². The number of halogens is 2. The minimum atomic E-state index is -0.312. The van der Waals surface area contributed by atoms with E-state index in [2.05, 4.69) is 10.3 Å². The quantitative estimate of drug-likeness (QED) is 0.393. The van der Waals surface area contributed by atoms with Gasteiger partial charge in [-0.2, -0.15) is 0 Å². The number of fused-ring (bicyclic) bond motifs is 1. The molecule has 7 heteroatoms. The average molecular weight is 431 g/mol. The maximum Gasteiger partial charge on any atom is 0.293 e. The van der Waals surface area contributed by atoms with Crippen LogP contribution in [-0.4, -0.2) is 10.9 Å². The highest BCUT2D eigenvalue weighted by Crippen LogP contribution is 2.29. The lowest BCUT2D eigenvalue weighted by atomic mass is 10.1. The predicted molar refractivity (Wildman–Crippen MR) is 115 cm³/mol. The van der Waals surface area contributed by atoms with Crippen LogP contribution in [0.25, 0.3) is 11.0 Å². The lowest BCUT2D eigenvalue weighted by Gasteiger charge is -2.02. The third-order valence-electron chi connectivity index (χ3n) is 4.44. The highest BCUT2D eigenvalue weighted by atomic mass is 35.5. The van der Waals surface area contributed by atoms with Crippen LogP contribution in [0.15, 0.2) is 47.0 Å². The van der Waals surface area contributed by atoms with Crippen molar-refractivity contribution in [3.63, 3.8) is 0 Å². The largest absolute Gasteiger partial charge is 0.451 e. The molecule has 2 aromatic heterocycles. The molecule has 1 N–H and O–H groups in total. The Bertz CT molecular complexity index is 1200. The van der Waals surface area contributed by atoms with Crippen molar-refractivity contribution in [3.05, 3.63) is 80.0 Å². The van der Waals surface area contributed by atoms with E-state index < -0.39 is 0 Å². The Labute approximate surface area is 176 Å². The Hall–Kier alpha value is -2.34. The predicted octanol–water partition coefficient (Wildman–Crippen LogP) is 6.66. The Morgan fingerprint density at radius 3 is 2.82 bits per heavy atom. The van der Waals surface area contributed by atoms with Crippen molar-refractivity contribution in [2.24, 2.45) is 0 Å². The number of hydrogen-bond donors (Lipinski definition) is 1. The molecule has 2 heterocycles. The summed E-state index contributed by atoms with van der Waals surface area (Å²) < 4.78 is 5.75. The summed E-state index contributed by atoms with van der Waals surface area (Å²) in [7, 11) is 0. The minimum absolute atomic E-state index is 0.301. The summed E-state index contributed by atoms with van der Waals surface area (Å²) in [6.45, 7) is 3.89. The molecule has 4 nitrogen and oxygen atoms in total. The second-order valence-corrected chi connectivity index (χ2v) is 8.51. The molecule has 0 saturated heterocycles. The summed E-state index contributed by atoms with van der Waals surface area (Å²) in [5.74, 6) is -0.0109. The Kier molecular flexibility index (Phi) is 5.15. The first-order valence-electron chi connectivity index (χ1n) is 8.60. The molecule has 0 aliphatic rings. The topological polar surface area (TPSA) is 55.1 Å². The first-order valence-corrected chi connectivity index (χ1v) is 10.2. The third kappa shape index (κ3) is 3.78. The summed E-state index contributed by atoms with van der Waals surface area (Å²) in [5.41, 5.74) is 3.55. The van der Waals surface area contributed by atoms with Gasteiger partial charge in [0.1, 0.15) is 5.58 Å². The van der Waals surface area contributed by atoms with Crippen LogP contribution in [0.3, 0.4) is 0 Å². The second kappa shape index (κ2) is 7.59. The van der Waals surface area contributed by atoms with Gasteiger partial charge in [-0.25, -0.2) is 4.98 Å². The fourth-order valence-electron chi connectivity index (χ4n) is 3.02. The molecule has 0 spiro atoms. The molecule has 2 aromatic carbocycles. The van der Waals surface area contributed by atoms with E-state index in [9.17, 15) is 4.79 Å². The van der Waals surface area contributed by atoms with Gasteiger partial charge in [0.05, 0.1) is 0 Å². The van der Waals surface area contributed by atoms with Crippen molar-refractivity contribution in [2.45, 2.75) is 20.3 Å². The van der Waals surface area contributed by atoms with E-state index >= 15 is 0 Å². The molecular formula is C21H16Cl2N2O2S. The van der Waals surface area contributed by atoms with Crippen molar-refractivity contribution in [1.29, 1.82) is 0 Å². The number of nitrogens with zero attached hydrogens (tertiary/aromatic N) is 1. The number of anilines is 1. The maximum absolute atomic E-state index is 12.7. The first-order chi connectivity index (χ1) is 13.4. The molecule has 0 saturated carbocycles. The summed E-state index contributed by atoms with van der Waals surface area (Å²) in [4.78, 5) is 17.9. The molecule has 28 heavy (non-hydrogen) atoms. The van der Waals surface area contributed by atoms with Crippen LogP contribution in [-0.2, 0) is 6.42 Å². The highest BCUT2D eigenvalue weighted by molar-refractivity contribution is 7.15. The number of nitrogens with one attached hydrogen (secondary N) is 1. The summed E-state index contributed by atoms with van der Waals surface area (Å²) in [6.07, 6.45) is 2.32. The van der Waals surface area contributed by atoms with E-state index in [1.165, 1.54) is 11.3 Å². The molecule has 1 amide bonds. The number of thiazole rings is 1. The molecule has 142 valence electrons. The number of carbonyl (C=O) groups is 1. The summed E-state index contributed by atoms with van der Waals surface area (Å²) >= 11 is 13.7. The number of rotatable bonds is 4. The second-order valence-electron chi connectivity index (χ2n) is 6.55. The van der Waals surface area contributed by atoms with Gasteiger partial charge >= 0.3 is 0 Å². The monoisotopic (exact) mass is 430 g/mol. The number of aromatic nitrogens is 1. The van der Waals surface area contributed by atoms with Crippen molar-refractivity contribution >= 4 is 56.5 Å². The van der Waals surface area contributed by atoms with E-state index in [1.807, 2.05) is 38.1 Å². The smallest absolute Gasteiger partial charge is 0.293 e. The van der Waals surface area contributed by atoms with Crippen LogP contribution in [0.4, 0.5) is 5.13 Å². The fourth-order valence-corrected chi connectivity index (χ4v) is 4.23. The van der Waals surface area contributed by atoms with E-state index in [4.69, 9.17) is 27.6 Å². The van der Waals surface area contributed by atoms with Crippen LogP contribution < -0.4 is 5.32 Å². The number of aryl methyl sites for hydroxylation is 2. The molecule has 0 bridgehead atoms. The van der Waals surface area contributed by atoms with Crippen LogP contribution in [0.2, 0.25) is 10.0 Å². The van der Waals surface area contributed by atoms with Crippen LogP contribution in [0.1, 0.15) is 32.1 Å². The number of carbonyl (C=O) groups excluding carboxylic acids is 1. The summed E-state index contributed by atoms with van der Waals surface area (Å²) in [5, 5.41) is 5.56. The van der Waals surface area contributed by atoms with Gasteiger partial charge in [-0.05, 0) is 49.7 Å². The lowest BCUT2D eigenvalue weighted by molar-refractivity contribution is 0.0998. The van der Waals surface area contributed by atoms with Crippen molar-refractivity contribution in [1.82, 2.24) is 4.98 Å². The molecule has 4 rings (SSSR count). The molecule has 0 atom stereocenters. The van der Waals surface area contributed by atoms with E-state index in [-0.39, 0.29) is 5.91 Å². The van der Waals surface area contributed by atoms with Gasteiger partial charge in [0.15, 0.2) is 10.9 Å². The Balaban J connectivity index is 1.53.